The Balaban J connectivity index is 0.000000631. The minimum Gasteiger partial charge on any atom is -0.481 e. The van der Waals surface area contributed by atoms with Crippen LogP contribution >= 0.6 is 0 Å². The largest absolute Gasteiger partial charge is 0.481 e. The summed E-state index contributed by atoms with van der Waals surface area (Å²) in [6, 6.07) is 8.46. The van der Waals surface area contributed by atoms with Crippen LogP contribution in [0, 0.1) is 0 Å². The third-order valence-corrected chi connectivity index (χ3v) is 1.97. The highest BCUT2D eigenvalue weighted by atomic mass is 16.4. The highest BCUT2D eigenvalue weighted by molar-refractivity contribution is 5.72. The molecule has 0 saturated carbocycles. The Morgan fingerprint density at radius 1 is 1.22 bits per heavy atom. The summed E-state index contributed by atoms with van der Waals surface area (Å²) in [5.74, 6) is -2.12. The summed E-state index contributed by atoms with van der Waals surface area (Å²) in [5, 5.41) is 25.0. The second kappa shape index (κ2) is 8.21. The van der Waals surface area contributed by atoms with Crippen molar-refractivity contribution >= 4 is 11.9 Å². The number of benzene rings is 1. The standard InChI is InChI=1S/C10H13NO3.C2H4O2/c11-8(9(12)10(13)14)6-7-4-2-1-3-5-7;1-2(3)4/h1-5,8-9,12H,6,11H2,(H,13,14);1H3,(H,3,4). The molecule has 100 valence electrons. The van der Waals surface area contributed by atoms with Crippen molar-refractivity contribution in [2.45, 2.75) is 25.5 Å². The van der Waals surface area contributed by atoms with Crippen molar-refractivity contribution in [1.29, 1.82) is 0 Å². The van der Waals surface area contributed by atoms with Crippen molar-refractivity contribution in [3.63, 3.8) is 0 Å². The number of aliphatic hydroxyl groups excluding tert-OH is 1. The molecule has 18 heavy (non-hydrogen) atoms. The van der Waals surface area contributed by atoms with Gasteiger partial charge in [0.05, 0.1) is 0 Å². The number of rotatable bonds is 4. The first-order valence-electron chi connectivity index (χ1n) is 5.24. The van der Waals surface area contributed by atoms with Gasteiger partial charge in [-0.05, 0) is 12.0 Å². The topological polar surface area (TPSA) is 121 Å². The molecule has 1 rings (SSSR count). The van der Waals surface area contributed by atoms with Gasteiger partial charge >= 0.3 is 5.97 Å². The van der Waals surface area contributed by atoms with E-state index in [1.165, 1.54) is 0 Å². The van der Waals surface area contributed by atoms with E-state index in [1.807, 2.05) is 30.3 Å². The molecular weight excluding hydrogens is 238 g/mol. The summed E-state index contributed by atoms with van der Waals surface area (Å²) < 4.78 is 0. The molecule has 1 aromatic rings. The molecule has 0 aromatic heterocycles. The van der Waals surface area contributed by atoms with Crippen LogP contribution in [0.1, 0.15) is 12.5 Å². The zero-order valence-corrected chi connectivity index (χ0v) is 9.98. The number of aliphatic hydroxyl groups is 1. The van der Waals surface area contributed by atoms with E-state index in [1.54, 1.807) is 0 Å². The third kappa shape index (κ3) is 7.37. The number of carboxylic acid groups (broad SMARTS) is 2. The highest BCUT2D eigenvalue weighted by Gasteiger charge is 2.21. The lowest BCUT2D eigenvalue weighted by molar-refractivity contribution is -0.147. The van der Waals surface area contributed by atoms with Crippen molar-refractivity contribution in [2.24, 2.45) is 5.73 Å². The minimum absolute atomic E-state index is 0.355. The number of aliphatic carboxylic acids is 2. The average Bonchev–Trinajstić information content (AvgIpc) is 2.28. The van der Waals surface area contributed by atoms with Gasteiger partial charge in [0.2, 0.25) is 0 Å². The highest BCUT2D eigenvalue weighted by Crippen LogP contribution is 2.04. The predicted octanol–water partition coefficient (Wildman–Crippen LogP) is 0.0928. The quantitative estimate of drug-likeness (QED) is 0.605. The molecule has 0 saturated heterocycles. The molecular formula is C12H17NO5. The van der Waals surface area contributed by atoms with E-state index >= 15 is 0 Å². The maximum absolute atomic E-state index is 10.4. The van der Waals surface area contributed by atoms with Gasteiger partial charge in [-0.15, -0.1) is 0 Å². The zero-order chi connectivity index (χ0) is 14.1. The van der Waals surface area contributed by atoms with Crippen LogP contribution in [0.5, 0.6) is 0 Å². The number of carboxylic acids is 2. The third-order valence-electron chi connectivity index (χ3n) is 1.97. The molecule has 2 atom stereocenters. The van der Waals surface area contributed by atoms with Gasteiger partial charge < -0.3 is 21.1 Å². The van der Waals surface area contributed by atoms with Crippen molar-refractivity contribution in [3.05, 3.63) is 35.9 Å². The number of hydrogen-bond acceptors (Lipinski definition) is 4. The molecule has 0 spiro atoms. The van der Waals surface area contributed by atoms with Crippen LogP contribution in [0.15, 0.2) is 30.3 Å². The molecule has 2 unspecified atom stereocenters. The van der Waals surface area contributed by atoms with Crippen LogP contribution in [0.3, 0.4) is 0 Å². The minimum atomic E-state index is -1.50. The summed E-state index contributed by atoms with van der Waals surface area (Å²) in [4.78, 5) is 19.4. The lowest BCUT2D eigenvalue weighted by atomic mass is 10.0. The van der Waals surface area contributed by atoms with Crippen molar-refractivity contribution in [1.82, 2.24) is 0 Å². The first-order chi connectivity index (χ1) is 8.34. The molecule has 0 fully saturated rings. The second-order valence-corrected chi connectivity index (χ2v) is 3.66. The molecule has 6 nitrogen and oxygen atoms in total. The summed E-state index contributed by atoms with van der Waals surface area (Å²) in [7, 11) is 0. The lowest BCUT2D eigenvalue weighted by Crippen LogP contribution is -2.41. The van der Waals surface area contributed by atoms with E-state index in [4.69, 9.17) is 25.8 Å². The van der Waals surface area contributed by atoms with Gasteiger partial charge in [-0.3, -0.25) is 4.79 Å². The van der Waals surface area contributed by atoms with Crippen LogP contribution in [0.2, 0.25) is 0 Å². The molecule has 0 heterocycles. The monoisotopic (exact) mass is 255 g/mol. The van der Waals surface area contributed by atoms with Crippen molar-refractivity contribution in [3.8, 4) is 0 Å². The average molecular weight is 255 g/mol. The van der Waals surface area contributed by atoms with Gasteiger partial charge in [-0.2, -0.15) is 0 Å². The molecule has 0 aliphatic rings. The lowest BCUT2D eigenvalue weighted by Gasteiger charge is -2.14. The normalized spacial score (nSPS) is 12.8. The summed E-state index contributed by atoms with van der Waals surface area (Å²) in [6.45, 7) is 1.08. The number of hydrogen-bond donors (Lipinski definition) is 4. The van der Waals surface area contributed by atoms with E-state index in [9.17, 15) is 4.79 Å². The number of carbonyl (C=O) groups is 2. The molecule has 0 amide bonds. The Bertz CT molecular complexity index is 375. The van der Waals surface area contributed by atoms with Crippen LogP contribution in [0.4, 0.5) is 0 Å². The maximum atomic E-state index is 10.4. The van der Waals surface area contributed by atoms with Crippen molar-refractivity contribution in [2.75, 3.05) is 0 Å². The van der Waals surface area contributed by atoms with Crippen molar-refractivity contribution < 1.29 is 24.9 Å². The van der Waals surface area contributed by atoms with E-state index in [-0.39, 0.29) is 0 Å². The first kappa shape index (κ1) is 16.1. The van der Waals surface area contributed by atoms with Crippen LogP contribution in [-0.4, -0.2) is 39.4 Å². The predicted molar refractivity (Wildman–Crippen MR) is 65.1 cm³/mol. The Morgan fingerprint density at radius 3 is 2.06 bits per heavy atom. The Morgan fingerprint density at radius 2 is 1.67 bits per heavy atom. The zero-order valence-electron chi connectivity index (χ0n) is 9.98. The molecule has 5 N–H and O–H groups in total. The Kier molecular flexibility index (Phi) is 7.34. The van der Waals surface area contributed by atoms with Crippen LogP contribution in [-0.2, 0) is 16.0 Å². The SMILES string of the molecule is CC(=O)O.NC(Cc1ccccc1)C(O)C(=O)O. The van der Waals surface area contributed by atoms with Gasteiger partial charge in [0.1, 0.15) is 0 Å². The van der Waals surface area contributed by atoms with E-state index in [2.05, 4.69) is 0 Å². The Labute approximate surface area is 105 Å². The molecule has 0 radical (unpaired) electrons. The molecule has 0 aliphatic carbocycles. The van der Waals surface area contributed by atoms with Gasteiger partial charge in [-0.1, -0.05) is 30.3 Å². The first-order valence-corrected chi connectivity index (χ1v) is 5.24. The van der Waals surface area contributed by atoms with Crippen LogP contribution < -0.4 is 5.73 Å². The van der Waals surface area contributed by atoms with E-state index < -0.39 is 24.1 Å². The second-order valence-electron chi connectivity index (χ2n) is 3.66. The summed E-state index contributed by atoms with van der Waals surface area (Å²) in [6.07, 6.45) is -1.15. The molecule has 1 aromatic carbocycles. The summed E-state index contributed by atoms with van der Waals surface area (Å²) in [5.41, 5.74) is 6.44. The molecule has 0 aliphatic heterocycles. The van der Waals surface area contributed by atoms with E-state index in [0.29, 0.717) is 6.42 Å². The number of nitrogens with two attached hydrogens (primary N) is 1. The summed E-state index contributed by atoms with van der Waals surface area (Å²) >= 11 is 0. The van der Waals surface area contributed by atoms with E-state index in [0.717, 1.165) is 12.5 Å². The smallest absolute Gasteiger partial charge is 0.334 e. The van der Waals surface area contributed by atoms with Crippen LogP contribution in [0.25, 0.3) is 0 Å². The van der Waals surface area contributed by atoms with Gasteiger partial charge in [0.25, 0.3) is 5.97 Å². The Hall–Kier alpha value is -1.92. The molecule has 0 bridgehead atoms. The van der Waals surface area contributed by atoms with Gasteiger partial charge in [0.15, 0.2) is 6.10 Å². The molecule has 6 heteroatoms. The fourth-order valence-electron chi connectivity index (χ4n) is 1.18. The fourth-order valence-corrected chi connectivity index (χ4v) is 1.18. The maximum Gasteiger partial charge on any atom is 0.334 e. The fraction of sp³-hybridized carbons (Fsp3) is 0.333. The van der Waals surface area contributed by atoms with Gasteiger partial charge in [-0.25, -0.2) is 4.79 Å². The van der Waals surface area contributed by atoms with Gasteiger partial charge in [0, 0.05) is 13.0 Å².